The predicted molar refractivity (Wildman–Crippen MR) is 98.2 cm³/mol. The minimum absolute atomic E-state index is 0.240. The normalized spacial score (nSPS) is 11.0. The van der Waals surface area contributed by atoms with E-state index < -0.39 is 5.69 Å². The van der Waals surface area contributed by atoms with Crippen molar-refractivity contribution in [3.8, 4) is 11.4 Å². The monoisotopic (exact) mass is 348 g/mol. The topological polar surface area (TPSA) is 66.4 Å². The molecule has 6 heteroatoms. The zero-order valence-electron chi connectivity index (χ0n) is 14.1. The minimum Gasteiger partial charge on any atom is -0.497 e. The van der Waals surface area contributed by atoms with Crippen LogP contribution in [0.4, 0.5) is 0 Å². The highest BCUT2D eigenvalue weighted by Crippen LogP contribution is 2.19. The van der Waals surface area contributed by atoms with Crippen molar-refractivity contribution >= 4 is 11.0 Å². The summed E-state index contributed by atoms with van der Waals surface area (Å²) in [5.41, 5.74) is 0.433. The van der Waals surface area contributed by atoms with Gasteiger partial charge in [-0.3, -0.25) is 9.36 Å². The number of fused-ring (bicyclic) bond motifs is 1. The summed E-state index contributed by atoms with van der Waals surface area (Å²) < 4.78 is 13.5. The van der Waals surface area contributed by atoms with Gasteiger partial charge in [-0.1, -0.05) is 18.2 Å². The molecule has 0 radical (unpaired) electrons. The second kappa shape index (κ2) is 6.40. The van der Waals surface area contributed by atoms with Crippen LogP contribution in [0, 0.1) is 0 Å². The number of hydrogen-bond acceptors (Lipinski definition) is 4. The lowest BCUT2D eigenvalue weighted by molar-refractivity contribution is 0.414. The molecule has 2 heterocycles. The molecule has 6 nitrogen and oxygen atoms in total. The summed E-state index contributed by atoms with van der Waals surface area (Å²) in [7, 11) is 1.56. The number of nitrogens with zero attached hydrogens (tertiary/aromatic N) is 2. The van der Waals surface area contributed by atoms with Gasteiger partial charge in [0.25, 0.3) is 5.56 Å². The maximum Gasteiger partial charge on any atom is 0.336 e. The van der Waals surface area contributed by atoms with E-state index in [1.54, 1.807) is 31.4 Å². The summed E-state index contributed by atoms with van der Waals surface area (Å²) in [6, 6.07) is 17.7. The number of ether oxygens (including phenoxy) is 1. The zero-order valence-corrected chi connectivity index (χ0v) is 14.1. The summed E-state index contributed by atoms with van der Waals surface area (Å²) in [5, 5.41) is 0.971. The predicted octanol–water partition coefficient (Wildman–Crippen LogP) is 2.80. The fourth-order valence-electron chi connectivity index (χ4n) is 2.89. The Labute approximate surface area is 148 Å². The van der Waals surface area contributed by atoms with Gasteiger partial charge in [0.05, 0.1) is 19.3 Å². The molecule has 4 rings (SSSR count). The molecule has 0 amide bonds. The first-order valence-electron chi connectivity index (χ1n) is 8.10. The van der Waals surface area contributed by atoms with Crippen LogP contribution < -0.4 is 16.0 Å². The average Bonchev–Trinajstić information content (AvgIpc) is 3.07. The Hall–Kier alpha value is -3.54. The second-order valence-electron chi connectivity index (χ2n) is 5.85. The highest BCUT2D eigenvalue weighted by molar-refractivity contribution is 5.77. The molecule has 0 aliphatic heterocycles. The van der Waals surface area contributed by atoms with E-state index in [0.717, 1.165) is 15.5 Å². The van der Waals surface area contributed by atoms with Crippen LogP contribution in [0.25, 0.3) is 16.7 Å². The third kappa shape index (κ3) is 2.82. The Morgan fingerprint density at radius 1 is 1.00 bits per heavy atom. The lowest BCUT2D eigenvalue weighted by atomic mass is 10.2. The first-order valence-corrected chi connectivity index (χ1v) is 8.10. The molecule has 4 aromatic rings. The van der Waals surface area contributed by atoms with Crippen LogP contribution in [0.1, 0.15) is 5.76 Å². The zero-order chi connectivity index (χ0) is 18.1. The number of hydrogen-bond donors (Lipinski definition) is 0. The third-order valence-corrected chi connectivity index (χ3v) is 4.19. The van der Waals surface area contributed by atoms with Gasteiger partial charge in [0.2, 0.25) is 0 Å². The van der Waals surface area contributed by atoms with Gasteiger partial charge in [-0.05, 0) is 36.4 Å². The van der Waals surface area contributed by atoms with E-state index >= 15 is 0 Å². The van der Waals surface area contributed by atoms with E-state index in [2.05, 4.69) is 0 Å². The minimum atomic E-state index is -0.428. The van der Waals surface area contributed by atoms with Gasteiger partial charge in [-0.2, -0.15) is 0 Å². The highest BCUT2D eigenvalue weighted by atomic mass is 16.5. The third-order valence-electron chi connectivity index (χ3n) is 4.19. The molecule has 2 aromatic carbocycles. The Balaban J connectivity index is 1.75. The molecule has 0 fully saturated rings. The molecule has 0 N–H and O–H groups in total. The molecule has 0 atom stereocenters. The number of rotatable bonds is 4. The molecule has 0 spiro atoms. The summed E-state index contributed by atoms with van der Waals surface area (Å²) in [6.45, 7) is 0.240. The van der Waals surface area contributed by atoms with E-state index in [0.29, 0.717) is 17.2 Å². The summed E-state index contributed by atoms with van der Waals surface area (Å²) in [6.07, 6.45) is 1.48. The standard InChI is InChI=1S/C20H16N2O4/c1-25-16-8-6-15(7-9-16)22-19(23)10-11-21(20(22)24)13-17-12-14-4-2-3-5-18(14)26-17/h2-12H,13H2,1H3. The van der Waals surface area contributed by atoms with Crippen molar-refractivity contribution in [2.75, 3.05) is 7.11 Å². The van der Waals surface area contributed by atoms with E-state index in [4.69, 9.17) is 9.15 Å². The van der Waals surface area contributed by atoms with Crippen molar-refractivity contribution < 1.29 is 9.15 Å². The fourth-order valence-corrected chi connectivity index (χ4v) is 2.89. The van der Waals surface area contributed by atoms with Crippen LogP contribution in [-0.2, 0) is 6.54 Å². The van der Waals surface area contributed by atoms with Gasteiger partial charge in [0.1, 0.15) is 17.1 Å². The molecule has 2 aromatic heterocycles. The molecule has 0 unspecified atom stereocenters. The number of para-hydroxylation sites is 1. The Morgan fingerprint density at radius 2 is 1.77 bits per heavy atom. The first-order chi connectivity index (χ1) is 12.7. The molecule has 0 aliphatic rings. The number of benzene rings is 2. The van der Waals surface area contributed by atoms with E-state index in [9.17, 15) is 9.59 Å². The Bertz CT molecular complexity index is 1150. The van der Waals surface area contributed by atoms with Crippen molar-refractivity contribution in [2.24, 2.45) is 0 Å². The van der Waals surface area contributed by atoms with E-state index in [1.807, 2.05) is 30.3 Å². The van der Waals surface area contributed by atoms with Crippen LogP contribution in [0.2, 0.25) is 0 Å². The van der Waals surface area contributed by atoms with Crippen LogP contribution in [0.5, 0.6) is 5.75 Å². The van der Waals surface area contributed by atoms with Crippen molar-refractivity contribution in [3.05, 3.63) is 93.5 Å². The molecule has 26 heavy (non-hydrogen) atoms. The van der Waals surface area contributed by atoms with Gasteiger partial charge < -0.3 is 9.15 Å². The van der Waals surface area contributed by atoms with Crippen molar-refractivity contribution in [3.63, 3.8) is 0 Å². The number of furan rings is 1. The second-order valence-corrected chi connectivity index (χ2v) is 5.85. The van der Waals surface area contributed by atoms with Crippen molar-refractivity contribution in [1.82, 2.24) is 9.13 Å². The van der Waals surface area contributed by atoms with Crippen molar-refractivity contribution in [1.29, 1.82) is 0 Å². The van der Waals surface area contributed by atoms with Crippen molar-refractivity contribution in [2.45, 2.75) is 6.54 Å². The average molecular weight is 348 g/mol. The largest absolute Gasteiger partial charge is 0.497 e. The molecule has 0 saturated carbocycles. The SMILES string of the molecule is COc1ccc(-n2c(=O)ccn(Cc3cc4ccccc4o3)c2=O)cc1. The first kappa shape index (κ1) is 16.0. The van der Waals surface area contributed by atoms with E-state index in [1.165, 1.54) is 16.8 Å². The lowest BCUT2D eigenvalue weighted by Crippen LogP contribution is -2.37. The fraction of sp³-hybridized carbons (Fsp3) is 0.100. The number of methoxy groups -OCH3 is 1. The van der Waals surface area contributed by atoms with Crippen LogP contribution >= 0.6 is 0 Å². The summed E-state index contributed by atoms with van der Waals surface area (Å²) >= 11 is 0. The van der Waals surface area contributed by atoms with Gasteiger partial charge in [0, 0.05) is 17.6 Å². The smallest absolute Gasteiger partial charge is 0.336 e. The van der Waals surface area contributed by atoms with E-state index in [-0.39, 0.29) is 12.1 Å². The highest BCUT2D eigenvalue weighted by Gasteiger charge is 2.10. The summed E-state index contributed by atoms with van der Waals surface area (Å²) in [5.74, 6) is 1.30. The molecule has 0 saturated heterocycles. The molecule has 0 bridgehead atoms. The molecular formula is C20H16N2O4. The lowest BCUT2D eigenvalue weighted by Gasteiger charge is -2.09. The van der Waals surface area contributed by atoms with Crippen LogP contribution in [0.3, 0.4) is 0 Å². The maximum atomic E-state index is 12.8. The number of aromatic nitrogens is 2. The van der Waals surface area contributed by atoms with Crippen LogP contribution in [-0.4, -0.2) is 16.2 Å². The van der Waals surface area contributed by atoms with Gasteiger partial charge in [-0.15, -0.1) is 0 Å². The summed E-state index contributed by atoms with van der Waals surface area (Å²) in [4.78, 5) is 25.1. The van der Waals surface area contributed by atoms with Gasteiger partial charge in [0.15, 0.2) is 0 Å². The molecule has 130 valence electrons. The molecular weight excluding hydrogens is 332 g/mol. The molecule has 0 aliphatic carbocycles. The maximum absolute atomic E-state index is 12.8. The Kier molecular flexibility index (Phi) is 3.93. The quantitative estimate of drug-likeness (QED) is 0.569. The van der Waals surface area contributed by atoms with Gasteiger partial charge >= 0.3 is 5.69 Å². The van der Waals surface area contributed by atoms with Gasteiger partial charge in [-0.25, -0.2) is 9.36 Å². The van der Waals surface area contributed by atoms with Crippen LogP contribution in [0.15, 0.2) is 80.9 Å². The Morgan fingerprint density at radius 3 is 2.50 bits per heavy atom.